The zero-order valence-corrected chi connectivity index (χ0v) is 12.1. The van der Waals surface area contributed by atoms with Gasteiger partial charge in [0.25, 0.3) is 0 Å². The smallest absolute Gasteiger partial charge is 0.161 e. The molecule has 0 aliphatic carbocycles. The molecule has 2 rings (SSSR count). The average Bonchev–Trinajstić information content (AvgIpc) is 2.47. The molecule has 5 heteroatoms. The Labute approximate surface area is 127 Å². The molecule has 0 spiro atoms. The van der Waals surface area contributed by atoms with Crippen molar-refractivity contribution >= 4 is 23.2 Å². The van der Waals surface area contributed by atoms with Crippen LogP contribution in [0.15, 0.2) is 59.4 Å². The van der Waals surface area contributed by atoms with Crippen molar-refractivity contribution in [1.29, 1.82) is 0 Å². The third-order valence-electron chi connectivity index (χ3n) is 2.47. The lowest BCUT2D eigenvalue weighted by molar-refractivity contribution is 0.275. The fourth-order valence-corrected chi connectivity index (χ4v) is 1.65. The first kappa shape index (κ1) is 14.7. The largest absolute Gasteiger partial charge is 0.486 e. The number of ether oxygens (including phenoxy) is 2. The molecule has 1 aromatic heterocycles. The summed E-state index contributed by atoms with van der Waals surface area (Å²) in [6.45, 7) is 0.743. The first-order valence-electron chi connectivity index (χ1n) is 6.00. The van der Waals surface area contributed by atoms with Gasteiger partial charge in [-0.2, -0.15) is 0 Å². The lowest BCUT2D eigenvalue weighted by atomic mass is 10.3. The Bertz CT molecular complexity index is 569. The number of nitrogens with zero attached hydrogens (tertiary/aromatic N) is 1. The molecule has 0 bridgehead atoms. The van der Waals surface area contributed by atoms with Crippen molar-refractivity contribution in [2.24, 2.45) is 0 Å². The van der Waals surface area contributed by atoms with Crippen molar-refractivity contribution in [3.8, 4) is 11.5 Å². The predicted octanol–water partition coefficient (Wildman–Crippen LogP) is 4.36. The van der Waals surface area contributed by atoms with E-state index in [0.717, 1.165) is 5.56 Å². The zero-order valence-electron chi connectivity index (χ0n) is 10.6. The molecular weight excluding hydrogens is 297 g/mol. The maximum Gasteiger partial charge on any atom is 0.161 e. The van der Waals surface area contributed by atoms with Crippen LogP contribution in [0.25, 0.3) is 0 Å². The summed E-state index contributed by atoms with van der Waals surface area (Å²) < 4.78 is 11.5. The molecule has 0 aliphatic rings. The molecule has 0 radical (unpaired) electrons. The second-order valence-corrected chi connectivity index (χ2v) is 4.90. The topological polar surface area (TPSA) is 31.4 Å². The van der Waals surface area contributed by atoms with Gasteiger partial charge in [0.2, 0.25) is 0 Å². The fraction of sp³-hybridized carbons (Fsp3) is 0.133. The Morgan fingerprint density at radius 2 is 1.65 bits per heavy atom. The predicted molar refractivity (Wildman–Crippen MR) is 80.3 cm³/mol. The van der Waals surface area contributed by atoms with Crippen LogP contribution in [0.5, 0.6) is 11.5 Å². The van der Waals surface area contributed by atoms with Crippen LogP contribution in [0.3, 0.4) is 0 Å². The molecule has 0 amide bonds. The van der Waals surface area contributed by atoms with E-state index in [9.17, 15) is 0 Å². The molecule has 0 fully saturated rings. The molecule has 0 saturated heterocycles. The van der Waals surface area contributed by atoms with Crippen LogP contribution in [-0.4, -0.2) is 11.6 Å². The van der Waals surface area contributed by atoms with Crippen LogP contribution >= 0.6 is 23.2 Å². The Kier molecular flexibility index (Phi) is 5.71. The lowest BCUT2D eigenvalue weighted by Gasteiger charge is -2.11. The fourth-order valence-electron chi connectivity index (χ4n) is 1.52. The van der Waals surface area contributed by atoms with Gasteiger partial charge in [-0.1, -0.05) is 35.3 Å². The highest BCUT2D eigenvalue weighted by Crippen LogP contribution is 2.27. The number of hydrogen-bond donors (Lipinski definition) is 0. The number of aromatic nitrogens is 1. The molecule has 0 aliphatic heterocycles. The van der Waals surface area contributed by atoms with E-state index in [1.165, 1.54) is 0 Å². The highest BCUT2D eigenvalue weighted by Gasteiger charge is 2.04. The highest BCUT2D eigenvalue weighted by atomic mass is 35.5. The third kappa shape index (κ3) is 4.76. The molecule has 0 atom stereocenters. The summed E-state index contributed by atoms with van der Waals surface area (Å²) in [6, 6.07) is 11.2. The summed E-state index contributed by atoms with van der Waals surface area (Å²) in [5.74, 6) is 1.32. The van der Waals surface area contributed by atoms with Gasteiger partial charge in [-0.3, -0.25) is 4.98 Å². The maximum atomic E-state index is 5.74. The number of halogens is 2. The number of benzene rings is 1. The quantitative estimate of drug-likeness (QED) is 0.794. The van der Waals surface area contributed by atoms with Gasteiger partial charge in [0, 0.05) is 12.4 Å². The first-order valence-corrected chi connectivity index (χ1v) is 6.76. The Morgan fingerprint density at radius 3 is 2.30 bits per heavy atom. The van der Waals surface area contributed by atoms with E-state index in [0.29, 0.717) is 18.1 Å². The van der Waals surface area contributed by atoms with E-state index in [4.69, 9.17) is 32.7 Å². The summed E-state index contributed by atoms with van der Waals surface area (Å²) in [4.78, 5) is 3.96. The van der Waals surface area contributed by atoms with Gasteiger partial charge >= 0.3 is 0 Å². The third-order valence-corrected chi connectivity index (χ3v) is 2.78. The van der Waals surface area contributed by atoms with E-state index in [1.807, 2.05) is 36.4 Å². The first-order chi connectivity index (χ1) is 9.75. The van der Waals surface area contributed by atoms with Crippen molar-refractivity contribution in [3.05, 3.63) is 64.9 Å². The molecule has 2 aromatic rings. The van der Waals surface area contributed by atoms with Gasteiger partial charge < -0.3 is 9.47 Å². The Morgan fingerprint density at radius 1 is 1.00 bits per heavy atom. The average molecular weight is 310 g/mol. The normalized spacial score (nSPS) is 9.90. The monoisotopic (exact) mass is 309 g/mol. The number of para-hydroxylation sites is 2. The van der Waals surface area contributed by atoms with Gasteiger partial charge in [-0.15, -0.1) is 0 Å². The molecule has 104 valence electrons. The zero-order chi connectivity index (χ0) is 14.2. The second-order valence-electron chi connectivity index (χ2n) is 3.90. The minimum absolute atomic E-state index is 0.181. The molecule has 0 saturated carbocycles. The van der Waals surface area contributed by atoms with Gasteiger partial charge in [0.15, 0.2) is 11.5 Å². The molecule has 0 N–H and O–H groups in total. The van der Waals surface area contributed by atoms with E-state index in [2.05, 4.69) is 4.98 Å². The van der Waals surface area contributed by atoms with Gasteiger partial charge in [0.1, 0.15) is 17.7 Å². The Balaban J connectivity index is 1.99. The van der Waals surface area contributed by atoms with E-state index in [-0.39, 0.29) is 11.1 Å². The minimum Gasteiger partial charge on any atom is -0.486 e. The van der Waals surface area contributed by atoms with E-state index >= 15 is 0 Å². The maximum absolute atomic E-state index is 5.74. The lowest BCUT2D eigenvalue weighted by Crippen LogP contribution is -2.00. The van der Waals surface area contributed by atoms with Crippen molar-refractivity contribution in [1.82, 2.24) is 4.98 Å². The van der Waals surface area contributed by atoms with Crippen LogP contribution < -0.4 is 9.47 Å². The molecule has 20 heavy (non-hydrogen) atoms. The Hall–Kier alpha value is -1.71. The van der Waals surface area contributed by atoms with Crippen LogP contribution in [-0.2, 0) is 6.61 Å². The van der Waals surface area contributed by atoms with Crippen LogP contribution in [0.1, 0.15) is 5.56 Å². The van der Waals surface area contributed by atoms with E-state index < -0.39 is 0 Å². The van der Waals surface area contributed by atoms with Gasteiger partial charge in [-0.05, 0) is 35.9 Å². The number of pyridine rings is 1. The SMILES string of the molecule is ClC(Cl)=CCOc1ccccc1OCc1ccncc1. The summed E-state index contributed by atoms with van der Waals surface area (Å²) in [5, 5.41) is 0. The molecule has 0 unspecified atom stereocenters. The van der Waals surface area contributed by atoms with Gasteiger partial charge in [-0.25, -0.2) is 0 Å². The van der Waals surface area contributed by atoms with E-state index in [1.54, 1.807) is 18.5 Å². The minimum atomic E-state index is 0.181. The molecular formula is C15H13Cl2NO2. The number of rotatable bonds is 6. The van der Waals surface area contributed by atoms with Crippen molar-refractivity contribution in [2.45, 2.75) is 6.61 Å². The van der Waals surface area contributed by atoms with Crippen LogP contribution in [0.4, 0.5) is 0 Å². The van der Waals surface area contributed by atoms with Crippen molar-refractivity contribution < 1.29 is 9.47 Å². The standard InChI is InChI=1S/C15H13Cl2NO2/c16-15(17)7-10-19-13-3-1-2-4-14(13)20-11-12-5-8-18-9-6-12/h1-9H,10-11H2. The second kappa shape index (κ2) is 7.78. The summed E-state index contributed by atoms with van der Waals surface area (Å²) in [6.07, 6.45) is 5.03. The van der Waals surface area contributed by atoms with Crippen LogP contribution in [0.2, 0.25) is 0 Å². The van der Waals surface area contributed by atoms with Crippen molar-refractivity contribution in [2.75, 3.05) is 6.61 Å². The summed E-state index contributed by atoms with van der Waals surface area (Å²) in [7, 11) is 0. The molecule has 1 aromatic carbocycles. The van der Waals surface area contributed by atoms with Crippen LogP contribution in [0, 0.1) is 0 Å². The summed E-state index contributed by atoms with van der Waals surface area (Å²) in [5.41, 5.74) is 1.04. The van der Waals surface area contributed by atoms with Gasteiger partial charge in [0.05, 0.1) is 0 Å². The highest BCUT2D eigenvalue weighted by molar-refractivity contribution is 6.55. The molecule has 1 heterocycles. The molecule has 3 nitrogen and oxygen atoms in total. The van der Waals surface area contributed by atoms with Crippen molar-refractivity contribution in [3.63, 3.8) is 0 Å². The summed E-state index contributed by atoms with van der Waals surface area (Å²) >= 11 is 11.1. The number of hydrogen-bond acceptors (Lipinski definition) is 3.